The largest absolute Gasteiger partial charge is 0.384 e. The number of benzene rings is 1. The zero-order chi connectivity index (χ0) is 10.9. The van der Waals surface area contributed by atoms with Gasteiger partial charge in [-0.2, -0.15) is 0 Å². The van der Waals surface area contributed by atoms with E-state index < -0.39 is 0 Å². The van der Waals surface area contributed by atoms with Gasteiger partial charge in [0.2, 0.25) is 0 Å². The van der Waals surface area contributed by atoms with E-state index in [1.54, 1.807) is 0 Å². The molecule has 0 heterocycles. The lowest BCUT2D eigenvalue weighted by molar-refractivity contribution is 0.556. The van der Waals surface area contributed by atoms with Crippen molar-refractivity contribution in [3.05, 3.63) is 28.8 Å². The predicted octanol–water partition coefficient (Wildman–Crippen LogP) is 2.80. The molecule has 0 aliphatic heterocycles. The smallest absolute Gasteiger partial charge is 0.0455 e. The Morgan fingerprint density at radius 2 is 2.20 bits per heavy atom. The molecule has 0 unspecified atom stereocenters. The highest BCUT2D eigenvalue weighted by molar-refractivity contribution is 6.31. The van der Waals surface area contributed by atoms with Crippen LogP contribution in [-0.4, -0.2) is 13.1 Å². The van der Waals surface area contributed by atoms with Crippen molar-refractivity contribution < 1.29 is 0 Å². The zero-order valence-electron chi connectivity index (χ0n) is 9.02. The number of nitrogens with one attached hydrogen (secondary N) is 1. The van der Waals surface area contributed by atoms with Crippen molar-refractivity contribution in [1.82, 2.24) is 0 Å². The standard InChI is InChI=1S/C12H17ClN2/c1-9-10(13)3-2-4-11(9)15-8-12(7-14)5-6-12/h2-4,15H,5-8,14H2,1H3. The van der Waals surface area contributed by atoms with Crippen LogP contribution in [0.5, 0.6) is 0 Å². The highest BCUT2D eigenvalue weighted by Gasteiger charge is 2.40. The van der Waals surface area contributed by atoms with Gasteiger partial charge < -0.3 is 11.1 Å². The fraction of sp³-hybridized carbons (Fsp3) is 0.500. The summed E-state index contributed by atoms with van der Waals surface area (Å²) < 4.78 is 0. The van der Waals surface area contributed by atoms with Gasteiger partial charge in [-0.25, -0.2) is 0 Å². The fourth-order valence-electron chi connectivity index (χ4n) is 1.71. The molecule has 0 amide bonds. The Morgan fingerprint density at radius 3 is 2.80 bits per heavy atom. The quantitative estimate of drug-likeness (QED) is 0.826. The molecule has 15 heavy (non-hydrogen) atoms. The molecule has 82 valence electrons. The second-order valence-electron chi connectivity index (χ2n) is 4.47. The van der Waals surface area contributed by atoms with Crippen LogP contribution in [0, 0.1) is 12.3 Å². The van der Waals surface area contributed by atoms with Crippen LogP contribution in [0.15, 0.2) is 18.2 Å². The van der Waals surface area contributed by atoms with Gasteiger partial charge in [0.05, 0.1) is 0 Å². The van der Waals surface area contributed by atoms with Crippen molar-refractivity contribution in [3.63, 3.8) is 0 Å². The molecule has 3 N–H and O–H groups in total. The van der Waals surface area contributed by atoms with E-state index in [4.69, 9.17) is 17.3 Å². The summed E-state index contributed by atoms with van der Waals surface area (Å²) in [5.74, 6) is 0. The Hall–Kier alpha value is -0.730. The van der Waals surface area contributed by atoms with E-state index in [-0.39, 0.29) is 0 Å². The van der Waals surface area contributed by atoms with Crippen LogP contribution < -0.4 is 11.1 Å². The maximum atomic E-state index is 6.05. The van der Waals surface area contributed by atoms with Crippen molar-refractivity contribution in [3.8, 4) is 0 Å². The van der Waals surface area contributed by atoms with Gasteiger partial charge in [0.25, 0.3) is 0 Å². The van der Waals surface area contributed by atoms with Crippen molar-refractivity contribution >= 4 is 17.3 Å². The van der Waals surface area contributed by atoms with Gasteiger partial charge in [0, 0.05) is 17.3 Å². The van der Waals surface area contributed by atoms with Gasteiger partial charge in [-0.05, 0) is 49.4 Å². The molecule has 1 saturated carbocycles. The first-order chi connectivity index (χ1) is 7.17. The van der Waals surface area contributed by atoms with Crippen LogP contribution in [0.2, 0.25) is 5.02 Å². The van der Waals surface area contributed by atoms with Gasteiger partial charge in [-0.3, -0.25) is 0 Å². The summed E-state index contributed by atoms with van der Waals surface area (Å²) >= 11 is 6.05. The third-order valence-electron chi connectivity index (χ3n) is 3.31. The van der Waals surface area contributed by atoms with Crippen molar-refractivity contribution in [2.45, 2.75) is 19.8 Å². The summed E-state index contributed by atoms with van der Waals surface area (Å²) in [5, 5.41) is 4.26. The third-order valence-corrected chi connectivity index (χ3v) is 3.72. The maximum Gasteiger partial charge on any atom is 0.0455 e. The lowest BCUT2D eigenvalue weighted by Gasteiger charge is -2.16. The molecular formula is C12H17ClN2. The topological polar surface area (TPSA) is 38.0 Å². The number of hydrogen-bond acceptors (Lipinski definition) is 2. The first-order valence-electron chi connectivity index (χ1n) is 5.36. The Balaban J connectivity index is 2.02. The van der Waals surface area contributed by atoms with Gasteiger partial charge in [-0.1, -0.05) is 17.7 Å². The summed E-state index contributed by atoms with van der Waals surface area (Å²) in [7, 11) is 0. The van der Waals surface area contributed by atoms with E-state index >= 15 is 0 Å². The van der Waals surface area contributed by atoms with Gasteiger partial charge in [0.1, 0.15) is 0 Å². The van der Waals surface area contributed by atoms with Crippen LogP contribution in [0.25, 0.3) is 0 Å². The predicted molar refractivity (Wildman–Crippen MR) is 65.4 cm³/mol. The van der Waals surface area contributed by atoms with Gasteiger partial charge >= 0.3 is 0 Å². The van der Waals surface area contributed by atoms with E-state index in [2.05, 4.69) is 11.4 Å². The summed E-state index contributed by atoms with van der Waals surface area (Å²) in [6.07, 6.45) is 2.49. The average molecular weight is 225 g/mol. The Morgan fingerprint density at radius 1 is 1.47 bits per heavy atom. The minimum atomic E-state index is 0.356. The summed E-state index contributed by atoms with van der Waals surface area (Å²) in [6.45, 7) is 3.77. The molecule has 1 aliphatic rings. The molecular weight excluding hydrogens is 208 g/mol. The molecule has 1 fully saturated rings. The second kappa shape index (κ2) is 4.03. The van der Waals surface area contributed by atoms with Gasteiger partial charge in [0.15, 0.2) is 0 Å². The first kappa shape index (κ1) is 10.8. The van der Waals surface area contributed by atoms with Crippen molar-refractivity contribution in [2.75, 3.05) is 18.4 Å². The second-order valence-corrected chi connectivity index (χ2v) is 4.88. The van der Waals surface area contributed by atoms with E-state index in [9.17, 15) is 0 Å². The zero-order valence-corrected chi connectivity index (χ0v) is 9.77. The Kier molecular flexibility index (Phi) is 2.89. The van der Waals surface area contributed by atoms with Crippen LogP contribution in [0.1, 0.15) is 18.4 Å². The Labute approximate surface area is 95.8 Å². The minimum Gasteiger partial charge on any atom is -0.384 e. The normalized spacial score (nSPS) is 17.5. The molecule has 2 nitrogen and oxygen atoms in total. The molecule has 1 aliphatic carbocycles. The number of anilines is 1. The molecule has 0 atom stereocenters. The van der Waals surface area contributed by atoms with E-state index in [0.717, 1.165) is 29.4 Å². The maximum absolute atomic E-state index is 6.05. The van der Waals surface area contributed by atoms with Crippen molar-refractivity contribution in [2.24, 2.45) is 11.1 Å². The number of nitrogens with two attached hydrogens (primary N) is 1. The lowest BCUT2D eigenvalue weighted by atomic mass is 10.1. The van der Waals surface area contributed by atoms with Gasteiger partial charge in [-0.15, -0.1) is 0 Å². The molecule has 0 spiro atoms. The molecule has 1 aromatic rings. The van der Waals surface area contributed by atoms with Crippen LogP contribution in [0.4, 0.5) is 5.69 Å². The minimum absolute atomic E-state index is 0.356. The Bertz CT molecular complexity index is 359. The molecule has 0 aromatic heterocycles. The SMILES string of the molecule is Cc1c(Cl)cccc1NCC1(CN)CC1. The molecule has 0 saturated heterocycles. The van der Waals surface area contributed by atoms with E-state index in [0.29, 0.717) is 5.41 Å². The summed E-state index contributed by atoms with van der Waals surface area (Å²) in [4.78, 5) is 0. The first-order valence-corrected chi connectivity index (χ1v) is 5.74. The van der Waals surface area contributed by atoms with Crippen LogP contribution in [0.3, 0.4) is 0 Å². The average Bonchev–Trinajstić information content (AvgIpc) is 3.01. The van der Waals surface area contributed by atoms with Crippen LogP contribution in [-0.2, 0) is 0 Å². The number of rotatable bonds is 4. The summed E-state index contributed by atoms with van der Waals surface area (Å²) in [6, 6.07) is 5.95. The highest BCUT2D eigenvalue weighted by atomic mass is 35.5. The van der Waals surface area contributed by atoms with E-state index in [1.807, 2.05) is 19.1 Å². The lowest BCUT2D eigenvalue weighted by Crippen LogP contribution is -2.24. The molecule has 0 radical (unpaired) electrons. The highest BCUT2D eigenvalue weighted by Crippen LogP contribution is 2.44. The molecule has 2 rings (SSSR count). The third kappa shape index (κ3) is 2.27. The molecule has 0 bridgehead atoms. The van der Waals surface area contributed by atoms with E-state index in [1.165, 1.54) is 12.8 Å². The monoisotopic (exact) mass is 224 g/mol. The van der Waals surface area contributed by atoms with Crippen LogP contribution >= 0.6 is 11.6 Å². The number of halogens is 1. The fourth-order valence-corrected chi connectivity index (χ4v) is 1.89. The van der Waals surface area contributed by atoms with Crippen molar-refractivity contribution in [1.29, 1.82) is 0 Å². The molecule has 1 aromatic carbocycles. The number of hydrogen-bond donors (Lipinski definition) is 2. The summed E-state index contributed by atoms with van der Waals surface area (Å²) in [5.41, 5.74) is 8.34. The molecule has 3 heteroatoms.